The highest BCUT2D eigenvalue weighted by molar-refractivity contribution is 5.80. The summed E-state index contributed by atoms with van der Waals surface area (Å²) >= 11 is 0. The lowest BCUT2D eigenvalue weighted by molar-refractivity contribution is -0.137. The van der Waals surface area contributed by atoms with Gasteiger partial charge in [0.15, 0.2) is 0 Å². The number of nitrogens with one attached hydrogen (secondary N) is 2. The van der Waals surface area contributed by atoms with E-state index >= 15 is 0 Å². The van der Waals surface area contributed by atoms with Crippen LogP contribution < -0.4 is 10.6 Å². The Kier molecular flexibility index (Phi) is 5.59. The minimum absolute atomic E-state index is 0.0534. The van der Waals surface area contributed by atoms with Crippen molar-refractivity contribution in [1.29, 1.82) is 0 Å². The number of alkyl halides is 3. The van der Waals surface area contributed by atoms with E-state index in [0.29, 0.717) is 25.9 Å². The number of carbonyl (C=O) groups excluding carboxylic acids is 2. The van der Waals surface area contributed by atoms with Crippen molar-refractivity contribution < 1.29 is 22.8 Å². The molecule has 110 valence electrons. The number of carbonyl (C=O) groups is 2. The number of amides is 2. The van der Waals surface area contributed by atoms with Gasteiger partial charge in [0.1, 0.15) is 0 Å². The summed E-state index contributed by atoms with van der Waals surface area (Å²) in [6.07, 6.45) is -3.22. The topological polar surface area (TPSA) is 61.4 Å². The van der Waals surface area contributed by atoms with Crippen LogP contribution in [0, 0.1) is 5.92 Å². The summed E-state index contributed by atoms with van der Waals surface area (Å²) in [6.45, 7) is -0.688. The van der Waals surface area contributed by atoms with E-state index in [2.05, 4.69) is 10.6 Å². The lowest BCUT2D eigenvalue weighted by atomic mass is 9.96. The molecule has 0 spiro atoms. The minimum atomic E-state index is -4.31. The van der Waals surface area contributed by atoms with Crippen LogP contribution in [0.25, 0.3) is 0 Å². The van der Waals surface area contributed by atoms with Crippen molar-refractivity contribution in [3.8, 4) is 0 Å². The second-order valence-electron chi connectivity index (χ2n) is 4.49. The van der Waals surface area contributed by atoms with Crippen LogP contribution >= 0.6 is 0 Å². The van der Waals surface area contributed by atoms with Gasteiger partial charge in [0.05, 0.1) is 13.1 Å². The van der Waals surface area contributed by atoms with Crippen LogP contribution in [-0.4, -0.2) is 56.1 Å². The number of hydrogen-bond donors (Lipinski definition) is 2. The average Bonchev–Trinajstić information content (AvgIpc) is 2.36. The number of piperidine rings is 1. The molecule has 0 aromatic heterocycles. The zero-order chi connectivity index (χ0) is 14.5. The molecule has 0 aromatic rings. The van der Waals surface area contributed by atoms with Gasteiger partial charge in [-0.05, 0) is 12.8 Å². The molecule has 0 atom stereocenters. The van der Waals surface area contributed by atoms with E-state index < -0.39 is 12.7 Å². The number of hydrogen-bond acceptors (Lipinski definition) is 3. The Labute approximate surface area is 109 Å². The molecule has 1 heterocycles. The Balaban J connectivity index is 2.27. The molecule has 1 aliphatic heterocycles. The Morgan fingerprint density at radius 3 is 2.32 bits per heavy atom. The summed E-state index contributed by atoms with van der Waals surface area (Å²) < 4.78 is 35.7. The van der Waals surface area contributed by atoms with E-state index in [4.69, 9.17) is 0 Å². The summed E-state index contributed by atoms with van der Waals surface area (Å²) in [7, 11) is 1.56. The first-order chi connectivity index (χ1) is 8.83. The highest BCUT2D eigenvalue weighted by atomic mass is 19.4. The van der Waals surface area contributed by atoms with Gasteiger partial charge in [-0.3, -0.25) is 9.59 Å². The molecular formula is C11H18F3N3O2. The van der Waals surface area contributed by atoms with Gasteiger partial charge < -0.3 is 15.5 Å². The molecule has 1 fully saturated rings. The molecule has 1 rings (SSSR count). The van der Waals surface area contributed by atoms with Gasteiger partial charge >= 0.3 is 6.18 Å². The Morgan fingerprint density at radius 2 is 1.84 bits per heavy atom. The Morgan fingerprint density at radius 1 is 1.26 bits per heavy atom. The Hall–Kier alpha value is -1.31. The molecule has 19 heavy (non-hydrogen) atoms. The number of nitrogens with zero attached hydrogens (tertiary/aromatic N) is 1. The zero-order valence-corrected chi connectivity index (χ0v) is 10.7. The minimum Gasteiger partial charge on any atom is -0.359 e. The van der Waals surface area contributed by atoms with E-state index in [9.17, 15) is 22.8 Å². The molecule has 1 saturated heterocycles. The maximum atomic E-state index is 11.9. The van der Waals surface area contributed by atoms with Gasteiger partial charge in [0.25, 0.3) is 0 Å². The van der Waals surface area contributed by atoms with Crippen LogP contribution in [0.5, 0.6) is 0 Å². The molecular weight excluding hydrogens is 263 g/mol. The lowest BCUT2D eigenvalue weighted by Crippen LogP contribution is -2.46. The highest BCUT2D eigenvalue weighted by Crippen LogP contribution is 2.17. The molecule has 0 aromatic carbocycles. The summed E-state index contributed by atoms with van der Waals surface area (Å²) in [6, 6.07) is 0. The van der Waals surface area contributed by atoms with Crippen molar-refractivity contribution in [3.05, 3.63) is 0 Å². The van der Waals surface area contributed by atoms with E-state index in [1.54, 1.807) is 7.05 Å². The predicted molar refractivity (Wildman–Crippen MR) is 62.3 cm³/mol. The fourth-order valence-electron chi connectivity index (χ4n) is 2.02. The van der Waals surface area contributed by atoms with E-state index in [0.717, 1.165) is 0 Å². The van der Waals surface area contributed by atoms with E-state index in [1.807, 2.05) is 0 Å². The van der Waals surface area contributed by atoms with Crippen LogP contribution in [0.4, 0.5) is 13.2 Å². The highest BCUT2D eigenvalue weighted by Gasteiger charge is 2.29. The maximum absolute atomic E-state index is 11.9. The van der Waals surface area contributed by atoms with E-state index in [1.165, 1.54) is 4.90 Å². The standard InChI is InChI=1S/C11H18F3N3O2/c1-15-10(19)8-2-4-17(5-3-8)9(18)6-16-7-11(12,13)14/h8,16H,2-7H2,1H3,(H,15,19). The smallest absolute Gasteiger partial charge is 0.359 e. The lowest BCUT2D eigenvalue weighted by Gasteiger charge is -2.31. The van der Waals surface area contributed by atoms with Crippen molar-refractivity contribution in [2.24, 2.45) is 5.92 Å². The first-order valence-corrected chi connectivity index (χ1v) is 6.10. The third-order valence-corrected chi connectivity index (χ3v) is 3.07. The zero-order valence-electron chi connectivity index (χ0n) is 10.7. The van der Waals surface area contributed by atoms with Crippen LogP contribution in [0.1, 0.15) is 12.8 Å². The molecule has 0 bridgehead atoms. The molecule has 2 amide bonds. The number of halogens is 3. The van der Waals surface area contributed by atoms with Crippen molar-refractivity contribution in [2.75, 3.05) is 33.2 Å². The summed E-state index contributed by atoms with van der Waals surface area (Å²) in [4.78, 5) is 24.5. The van der Waals surface area contributed by atoms with Crippen molar-refractivity contribution in [2.45, 2.75) is 19.0 Å². The van der Waals surface area contributed by atoms with Crippen LogP contribution in [0.15, 0.2) is 0 Å². The first-order valence-electron chi connectivity index (χ1n) is 6.10. The van der Waals surface area contributed by atoms with Crippen molar-refractivity contribution in [1.82, 2.24) is 15.5 Å². The second-order valence-corrected chi connectivity index (χ2v) is 4.49. The molecule has 2 N–H and O–H groups in total. The van der Waals surface area contributed by atoms with Crippen LogP contribution in [-0.2, 0) is 9.59 Å². The molecule has 5 nitrogen and oxygen atoms in total. The molecule has 0 saturated carbocycles. The fraction of sp³-hybridized carbons (Fsp3) is 0.818. The quantitative estimate of drug-likeness (QED) is 0.769. The van der Waals surface area contributed by atoms with Crippen LogP contribution in [0.2, 0.25) is 0 Å². The third kappa shape index (κ3) is 5.46. The summed E-state index contributed by atoms with van der Waals surface area (Å²) in [5.41, 5.74) is 0. The molecule has 0 radical (unpaired) electrons. The number of likely N-dealkylation sites (tertiary alicyclic amines) is 1. The van der Waals surface area contributed by atoms with Crippen LogP contribution in [0.3, 0.4) is 0 Å². The molecule has 1 aliphatic rings. The van der Waals surface area contributed by atoms with Gasteiger partial charge in [-0.2, -0.15) is 13.2 Å². The van der Waals surface area contributed by atoms with Gasteiger partial charge in [-0.25, -0.2) is 0 Å². The molecule has 0 aliphatic carbocycles. The number of rotatable bonds is 4. The van der Waals surface area contributed by atoms with Crippen molar-refractivity contribution in [3.63, 3.8) is 0 Å². The summed E-state index contributed by atoms with van der Waals surface area (Å²) in [5, 5.41) is 4.62. The van der Waals surface area contributed by atoms with E-state index in [-0.39, 0.29) is 24.3 Å². The largest absolute Gasteiger partial charge is 0.401 e. The van der Waals surface area contributed by atoms with Crippen molar-refractivity contribution >= 4 is 11.8 Å². The monoisotopic (exact) mass is 281 g/mol. The summed E-state index contributed by atoms with van der Waals surface area (Å²) in [5.74, 6) is -0.529. The Bertz CT molecular complexity index is 326. The third-order valence-electron chi connectivity index (χ3n) is 3.07. The maximum Gasteiger partial charge on any atom is 0.401 e. The predicted octanol–water partition coefficient (Wildman–Crippen LogP) is 0.123. The van der Waals surface area contributed by atoms with Gasteiger partial charge in [0.2, 0.25) is 11.8 Å². The average molecular weight is 281 g/mol. The first kappa shape index (κ1) is 15.7. The molecule has 8 heteroatoms. The molecule has 0 unspecified atom stereocenters. The SMILES string of the molecule is CNC(=O)C1CCN(C(=O)CNCC(F)(F)F)CC1. The normalized spacial score (nSPS) is 17.4. The van der Waals surface area contributed by atoms with Gasteiger partial charge in [-0.15, -0.1) is 0 Å². The van der Waals surface area contributed by atoms with Gasteiger partial charge in [-0.1, -0.05) is 0 Å². The fourth-order valence-corrected chi connectivity index (χ4v) is 2.02. The van der Waals surface area contributed by atoms with Gasteiger partial charge in [0, 0.05) is 26.1 Å². The second kappa shape index (κ2) is 6.74.